The zero-order valence-electron chi connectivity index (χ0n) is 12.9. The van der Waals surface area contributed by atoms with Gasteiger partial charge in [-0.2, -0.15) is 0 Å². The Morgan fingerprint density at radius 2 is 1.90 bits per heavy atom. The third-order valence-electron chi connectivity index (χ3n) is 5.43. The van der Waals surface area contributed by atoms with Gasteiger partial charge in [-0.1, -0.05) is 55.8 Å². The maximum Gasteiger partial charge on any atom is 0.0646 e. The maximum absolute atomic E-state index is 6.24. The van der Waals surface area contributed by atoms with Gasteiger partial charge >= 0.3 is 0 Å². The van der Waals surface area contributed by atoms with Gasteiger partial charge in [-0.05, 0) is 43.1 Å². The molecule has 1 nitrogen and oxygen atoms in total. The van der Waals surface area contributed by atoms with Crippen LogP contribution in [-0.4, -0.2) is 12.7 Å². The van der Waals surface area contributed by atoms with Crippen LogP contribution in [0.3, 0.4) is 0 Å². The number of allylic oxidation sites excluding steroid dienone is 1. The smallest absolute Gasteiger partial charge is 0.0646 e. The van der Waals surface area contributed by atoms with Gasteiger partial charge in [0, 0.05) is 5.92 Å². The van der Waals surface area contributed by atoms with E-state index in [-0.39, 0.29) is 0 Å². The van der Waals surface area contributed by atoms with E-state index in [0.29, 0.717) is 17.9 Å². The Hall–Kier alpha value is -1.08. The highest BCUT2D eigenvalue weighted by molar-refractivity contribution is 5.18. The second kappa shape index (κ2) is 5.73. The highest BCUT2D eigenvalue weighted by Gasteiger charge is 2.42. The molecule has 0 saturated carbocycles. The summed E-state index contributed by atoms with van der Waals surface area (Å²) in [5.41, 5.74) is 2.98. The van der Waals surface area contributed by atoms with Gasteiger partial charge in [0.1, 0.15) is 0 Å². The van der Waals surface area contributed by atoms with E-state index in [1.54, 1.807) is 5.57 Å². The van der Waals surface area contributed by atoms with Crippen LogP contribution in [0.25, 0.3) is 0 Å². The van der Waals surface area contributed by atoms with Crippen LogP contribution in [0.5, 0.6) is 0 Å². The molecule has 0 unspecified atom stereocenters. The summed E-state index contributed by atoms with van der Waals surface area (Å²) in [6.07, 6.45) is 5.17. The summed E-state index contributed by atoms with van der Waals surface area (Å²) in [5.74, 6) is 2.80. The lowest BCUT2D eigenvalue weighted by atomic mass is 9.65. The van der Waals surface area contributed by atoms with Gasteiger partial charge in [-0.15, -0.1) is 0 Å². The summed E-state index contributed by atoms with van der Waals surface area (Å²) in [5, 5.41) is 0. The van der Waals surface area contributed by atoms with E-state index in [4.69, 9.17) is 4.74 Å². The summed E-state index contributed by atoms with van der Waals surface area (Å²) >= 11 is 0. The molecule has 1 saturated heterocycles. The number of ether oxygens (including phenoxy) is 1. The minimum atomic E-state index is 0.408. The summed E-state index contributed by atoms with van der Waals surface area (Å²) in [7, 11) is 0. The molecule has 0 N–H and O–H groups in total. The number of hydrogen-bond donors (Lipinski definition) is 0. The van der Waals surface area contributed by atoms with E-state index < -0.39 is 0 Å². The first-order valence-electron chi connectivity index (χ1n) is 8.00. The average molecular weight is 270 g/mol. The SMILES string of the molecule is CC1=C[C@@H](C)[C@H]2CO[C@@H](CCc3ccccc3)[C@@H]1[C@H]2C. The molecule has 1 heteroatoms. The van der Waals surface area contributed by atoms with Gasteiger partial charge < -0.3 is 4.74 Å². The molecule has 20 heavy (non-hydrogen) atoms. The molecular weight excluding hydrogens is 244 g/mol. The molecule has 2 aliphatic rings. The lowest BCUT2D eigenvalue weighted by molar-refractivity contribution is -0.0935. The third kappa shape index (κ3) is 2.56. The molecule has 1 aliphatic heterocycles. The summed E-state index contributed by atoms with van der Waals surface area (Å²) in [6.45, 7) is 8.02. The van der Waals surface area contributed by atoms with Crippen molar-refractivity contribution in [2.45, 2.75) is 39.7 Å². The molecule has 3 rings (SSSR count). The van der Waals surface area contributed by atoms with Crippen molar-refractivity contribution in [3.8, 4) is 0 Å². The largest absolute Gasteiger partial charge is 0.377 e. The quantitative estimate of drug-likeness (QED) is 0.736. The molecule has 1 aromatic carbocycles. The first kappa shape index (κ1) is 13.9. The Morgan fingerprint density at radius 3 is 2.65 bits per heavy atom. The predicted octanol–water partition coefficient (Wildman–Crippen LogP) is 4.48. The van der Waals surface area contributed by atoms with Crippen molar-refractivity contribution >= 4 is 0 Å². The Bertz CT molecular complexity index is 476. The minimum Gasteiger partial charge on any atom is -0.377 e. The van der Waals surface area contributed by atoms with Crippen molar-refractivity contribution in [3.05, 3.63) is 47.5 Å². The Balaban J connectivity index is 1.70. The zero-order valence-corrected chi connectivity index (χ0v) is 12.9. The van der Waals surface area contributed by atoms with Crippen LogP contribution in [0.4, 0.5) is 0 Å². The van der Waals surface area contributed by atoms with E-state index in [2.05, 4.69) is 57.2 Å². The number of fused-ring (bicyclic) bond motifs is 2. The molecule has 1 aromatic rings. The first-order chi connectivity index (χ1) is 9.66. The monoisotopic (exact) mass is 270 g/mol. The molecule has 108 valence electrons. The van der Waals surface area contributed by atoms with Crippen LogP contribution >= 0.6 is 0 Å². The van der Waals surface area contributed by atoms with Crippen molar-refractivity contribution in [2.24, 2.45) is 23.7 Å². The Labute approximate surface area is 123 Å². The number of aryl methyl sites for hydroxylation is 1. The van der Waals surface area contributed by atoms with E-state index in [9.17, 15) is 0 Å². The molecule has 2 bridgehead atoms. The van der Waals surface area contributed by atoms with Crippen molar-refractivity contribution in [1.82, 2.24) is 0 Å². The summed E-state index contributed by atoms with van der Waals surface area (Å²) in [6, 6.07) is 10.8. The van der Waals surface area contributed by atoms with Crippen LogP contribution in [0.1, 0.15) is 32.8 Å². The molecule has 0 amide bonds. The molecule has 0 aromatic heterocycles. The summed E-state index contributed by atoms with van der Waals surface area (Å²) in [4.78, 5) is 0. The van der Waals surface area contributed by atoms with E-state index in [0.717, 1.165) is 31.3 Å². The van der Waals surface area contributed by atoms with Crippen LogP contribution < -0.4 is 0 Å². The van der Waals surface area contributed by atoms with Crippen molar-refractivity contribution < 1.29 is 4.74 Å². The lowest BCUT2D eigenvalue weighted by Crippen LogP contribution is -2.46. The van der Waals surface area contributed by atoms with Crippen molar-refractivity contribution in [3.63, 3.8) is 0 Å². The lowest BCUT2D eigenvalue weighted by Gasteiger charge is -2.47. The molecule has 1 aliphatic carbocycles. The number of rotatable bonds is 3. The first-order valence-corrected chi connectivity index (χ1v) is 8.00. The topological polar surface area (TPSA) is 9.23 Å². The van der Waals surface area contributed by atoms with Crippen LogP contribution in [-0.2, 0) is 11.2 Å². The Morgan fingerprint density at radius 1 is 1.15 bits per heavy atom. The third-order valence-corrected chi connectivity index (χ3v) is 5.43. The van der Waals surface area contributed by atoms with Gasteiger partial charge in [0.2, 0.25) is 0 Å². The maximum atomic E-state index is 6.24. The van der Waals surface area contributed by atoms with Crippen molar-refractivity contribution in [2.75, 3.05) is 6.61 Å². The highest BCUT2D eigenvalue weighted by atomic mass is 16.5. The Kier molecular flexibility index (Phi) is 3.98. The molecule has 1 fully saturated rings. The van der Waals surface area contributed by atoms with Gasteiger partial charge in [-0.25, -0.2) is 0 Å². The second-order valence-electron chi connectivity index (χ2n) is 6.71. The number of benzene rings is 1. The van der Waals surface area contributed by atoms with Gasteiger partial charge in [0.05, 0.1) is 12.7 Å². The fourth-order valence-electron chi connectivity index (χ4n) is 4.30. The molecule has 0 radical (unpaired) electrons. The molecule has 1 heterocycles. The van der Waals surface area contributed by atoms with E-state index in [1.807, 2.05) is 0 Å². The second-order valence-corrected chi connectivity index (χ2v) is 6.71. The summed E-state index contributed by atoms with van der Waals surface area (Å²) < 4.78 is 6.24. The van der Waals surface area contributed by atoms with Crippen molar-refractivity contribution in [1.29, 1.82) is 0 Å². The average Bonchev–Trinajstić information content (AvgIpc) is 2.44. The number of hydrogen-bond acceptors (Lipinski definition) is 1. The minimum absolute atomic E-state index is 0.408. The van der Waals surface area contributed by atoms with E-state index >= 15 is 0 Å². The van der Waals surface area contributed by atoms with Crippen LogP contribution in [0.2, 0.25) is 0 Å². The highest BCUT2D eigenvalue weighted by Crippen LogP contribution is 2.45. The predicted molar refractivity (Wildman–Crippen MR) is 83.6 cm³/mol. The van der Waals surface area contributed by atoms with Gasteiger partial charge in [0.25, 0.3) is 0 Å². The van der Waals surface area contributed by atoms with Crippen LogP contribution in [0.15, 0.2) is 42.0 Å². The zero-order chi connectivity index (χ0) is 14.1. The normalized spacial score (nSPS) is 36.5. The molecule has 5 atom stereocenters. The fourth-order valence-corrected chi connectivity index (χ4v) is 4.30. The molecule has 0 spiro atoms. The van der Waals surface area contributed by atoms with E-state index in [1.165, 1.54) is 5.56 Å². The van der Waals surface area contributed by atoms with Gasteiger partial charge in [-0.3, -0.25) is 0 Å². The molecular formula is C19H26O. The fraction of sp³-hybridized carbons (Fsp3) is 0.579. The van der Waals surface area contributed by atoms with Gasteiger partial charge in [0.15, 0.2) is 0 Å². The standard InChI is InChI=1S/C19H26O/c1-13-11-14(2)19-15(3)17(13)12-20-18(19)10-9-16-7-5-4-6-8-16/h4-8,11,13,15,17-19H,9-10,12H2,1-3H3/t13-,15+,17-,18+,19+/m1/s1. The van der Waals surface area contributed by atoms with Crippen LogP contribution in [0, 0.1) is 23.7 Å².